The summed E-state index contributed by atoms with van der Waals surface area (Å²) < 4.78 is 13.2. The minimum absolute atomic E-state index is 0.141. The number of nitrogens with zero attached hydrogens (tertiary/aromatic N) is 1. The fourth-order valence-electron chi connectivity index (χ4n) is 2.89. The van der Waals surface area contributed by atoms with Crippen molar-refractivity contribution in [1.29, 1.82) is 0 Å². The topological polar surface area (TPSA) is 117 Å². The third kappa shape index (κ3) is 4.95. The zero-order valence-electron chi connectivity index (χ0n) is 15.7. The molecule has 0 bridgehead atoms. The predicted molar refractivity (Wildman–Crippen MR) is 107 cm³/mol. The lowest BCUT2D eigenvalue weighted by atomic mass is 9.90. The number of carboxylic acids is 1. The first kappa shape index (κ1) is 21.1. The van der Waals surface area contributed by atoms with Crippen LogP contribution in [0.1, 0.15) is 31.7 Å². The van der Waals surface area contributed by atoms with Gasteiger partial charge < -0.3 is 21.1 Å². The second-order valence-corrected chi connectivity index (χ2v) is 6.52. The largest absolute Gasteiger partial charge is 0.508 e. The van der Waals surface area contributed by atoms with E-state index in [1.807, 2.05) is 19.9 Å². The molecule has 0 aliphatic carbocycles. The minimum atomic E-state index is -0.961. The molecule has 0 amide bonds. The monoisotopic (exact) mass is 386 g/mol. The molecule has 0 spiro atoms. The van der Waals surface area contributed by atoms with Gasteiger partial charge in [0.05, 0.1) is 18.5 Å². The van der Waals surface area contributed by atoms with E-state index in [2.05, 4.69) is 4.98 Å². The van der Waals surface area contributed by atoms with E-state index in [0.29, 0.717) is 11.3 Å². The Morgan fingerprint density at radius 1 is 1.18 bits per heavy atom. The van der Waals surface area contributed by atoms with Gasteiger partial charge in [0.1, 0.15) is 17.4 Å². The van der Waals surface area contributed by atoms with Gasteiger partial charge in [0.15, 0.2) is 0 Å². The minimum Gasteiger partial charge on any atom is -0.508 e. The number of carbonyl (C=O) groups is 1. The highest BCUT2D eigenvalue weighted by molar-refractivity contribution is 5.99. The van der Waals surface area contributed by atoms with Crippen LogP contribution in [-0.4, -0.2) is 32.9 Å². The number of rotatable bonds is 4. The molecule has 0 fully saturated rings. The Morgan fingerprint density at radius 3 is 2.32 bits per heavy atom. The number of benzene rings is 2. The second-order valence-electron chi connectivity index (χ2n) is 6.52. The van der Waals surface area contributed by atoms with E-state index in [0.717, 1.165) is 22.1 Å². The number of halogens is 1. The number of carboxylic acid groups (broad SMARTS) is 1. The Kier molecular flexibility index (Phi) is 6.89. The molecule has 5 N–H and O–H groups in total. The average Bonchev–Trinajstić information content (AvgIpc) is 2.61. The van der Waals surface area contributed by atoms with Crippen molar-refractivity contribution in [3.8, 4) is 16.9 Å². The van der Waals surface area contributed by atoms with Crippen molar-refractivity contribution in [2.24, 2.45) is 0 Å². The van der Waals surface area contributed by atoms with Crippen molar-refractivity contribution >= 4 is 22.7 Å². The van der Waals surface area contributed by atoms with E-state index < -0.39 is 5.97 Å². The van der Waals surface area contributed by atoms with Gasteiger partial charge in [-0.15, -0.1) is 0 Å². The molecular formula is C21H23FN2O4. The van der Waals surface area contributed by atoms with Crippen molar-refractivity contribution in [2.45, 2.75) is 26.2 Å². The van der Waals surface area contributed by atoms with Gasteiger partial charge >= 0.3 is 5.97 Å². The third-order valence-electron chi connectivity index (χ3n) is 4.07. The van der Waals surface area contributed by atoms with Gasteiger partial charge in [-0.05, 0) is 41.3 Å². The molecule has 3 aromatic rings. The van der Waals surface area contributed by atoms with Crippen LogP contribution in [0.2, 0.25) is 0 Å². The lowest BCUT2D eigenvalue weighted by Gasteiger charge is -2.18. The SMILES string of the molecule is CC(C)c1c(N)nc2cc(O)ccc2c1-c1ccc(F)cc1.O=C(O)CCO. The summed E-state index contributed by atoms with van der Waals surface area (Å²) >= 11 is 0. The molecule has 3 rings (SSSR count). The number of fused-ring (bicyclic) bond motifs is 1. The molecule has 2 aromatic carbocycles. The number of phenols is 1. The summed E-state index contributed by atoms with van der Waals surface area (Å²) in [6.45, 7) is 3.83. The van der Waals surface area contributed by atoms with Gasteiger partial charge in [-0.3, -0.25) is 4.79 Å². The van der Waals surface area contributed by atoms with Crippen molar-refractivity contribution in [2.75, 3.05) is 12.3 Å². The smallest absolute Gasteiger partial charge is 0.305 e. The van der Waals surface area contributed by atoms with Gasteiger partial charge in [0.2, 0.25) is 0 Å². The van der Waals surface area contributed by atoms with E-state index in [-0.39, 0.29) is 30.5 Å². The van der Waals surface area contributed by atoms with Crippen molar-refractivity contribution in [3.05, 3.63) is 53.8 Å². The number of anilines is 1. The molecule has 0 unspecified atom stereocenters. The number of aromatic hydroxyl groups is 1. The van der Waals surface area contributed by atoms with Crippen LogP contribution in [0.25, 0.3) is 22.0 Å². The predicted octanol–water partition coefficient (Wildman–Crippen LogP) is 3.91. The zero-order valence-corrected chi connectivity index (χ0v) is 15.7. The van der Waals surface area contributed by atoms with Crippen LogP contribution in [0, 0.1) is 5.82 Å². The number of nitrogens with two attached hydrogens (primary N) is 1. The number of aliphatic carboxylic acids is 1. The summed E-state index contributed by atoms with van der Waals surface area (Å²) in [5, 5.41) is 26.2. The highest BCUT2D eigenvalue weighted by atomic mass is 19.1. The van der Waals surface area contributed by atoms with Crippen LogP contribution in [0.4, 0.5) is 10.2 Å². The highest BCUT2D eigenvalue weighted by Crippen LogP contribution is 2.39. The molecule has 0 saturated carbocycles. The fourth-order valence-corrected chi connectivity index (χ4v) is 2.89. The average molecular weight is 386 g/mol. The first-order valence-electron chi connectivity index (χ1n) is 8.75. The summed E-state index contributed by atoms with van der Waals surface area (Å²) in [5.74, 6) is -0.490. The zero-order chi connectivity index (χ0) is 20.8. The van der Waals surface area contributed by atoms with Crippen molar-refractivity contribution in [3.63, 3.8) is 0 Å². The van der Waals surface area contributed by atoms with Crippen LogP contribution in [0.15, 0.2) is 42.5 Å². The van der Waals surface area contributed by atoms with E-state index in [1.54, 1.807) is 24.3 Å². The molecule has 0 aliphatic heterocycles. The molecule has 0 aliphatic rings. The number of nitrogen functional groups attached to an aromatic ring is 1. The normalized spacial score (nSPS) is 10.6. The Bertz CT molecular complexity index is 972. The molecule has 6 nitrogen and oxygen atoms in total. The van der Waals surface area contributed by atoms with Crippen LogP contribution < -0.4 is 5.73 Å². The Balaban J connectivity index is 0.000000409. The molecule has 1 heterocycles. The Labute approximate surface area is 162 Å². The molecule has 148 valence electrons. The van der Waals surface area contributed by atoms with Gasteiger partial charge in [-0.2, -0.15) is 0 Å². The maximum absolute atomic E-state index is 13.2. The summed E-state index contributed by atoms with van der Waals surface area (Å²) in [4.78, 5) is 13.8. The molecule has 28 heavy (non-hydrogen) atoms. The van der Waals surface area contributed by atoms with E-state index >= 15 is 0 Å². The van der Waals surface area contributed by atoms with E-state index in [1.165, 1.54) is 12.1 Å². The second kappa shape index (κ2) is 9.14. The van der Waals surface area contributed by atoms with Crippen LogP contribution in [-0.2, 0) is 4.79 Å². The number of aliphatic hydroxyl groups is 1. The summed E-state index contributed by atoms with van der Waals surface area (Å²) in [6.07, 6.45) is -0.153. The maximum atomic E-state index is 13.2. The van der Waals surface area contributed by atoms with Gasteiger partial charge in [-0.25, -0.2) is 9.37 Å². The van der Waals surface area contributed by atoms with Gasteiger partial charge in [0.25, 0.3) is 0 Å². The Morgan fingerprint density at radius 2 is 1.82 bits per heavy atom. The molecule has 7 heteroatoms. The molecule has 0 saturated heterocycles. The third-order valence-corrected chi connectivity index (χ3v) is 4.07. The number of aromatic nitrogens is 1. The molecule has 1 aromatic heterocycles. The van der Waals surface area contributed by atoms with Crippen LogP contribution in [0.5, 0.6) is 5.75 Å². The highest BCUT2D eigenvalue weighted by Gasteiger charge is 2.18. The number of aliphatic hydroxyl groups excluding tert-OH is 1. The summed E-state index contributed by atoms with van der Waals surface area (Å²) in [5.41, 5.74) is 9.53. The van der Waals surface area contributed by atoms with Crippen molar-refractivity contribution < 1.29 is 24.5 Å². The Hall–Kier alpha value is -3.19. The summed E-state index contributed by atoms with van der Waals surface area (Å²) in [7, 11) is 0. The van der Waals surface area contributed by atoms with Crippen LogP contribution >= 0.6 is 0 Å². The quantitative estimate of drug-likeness (QED) is 0.540. The van der Waals surface area contributed by atoms with E-state index in [4.69, 9.17) is 15.9 Å². The first-order valence-corrected chi connectivity index (χ1v) is 8.75. The first-order chi connectivity index (χ1) is 13.2. The number of hydrogen-bond acceptors (Lipinski definition) is 5. The standard InChI is InChI=1S/C18H17FN2O.C3H6O3/c1-10(2)16-17(11-3-5-12(19)6-4-11)14-8-7-13(22)9-15(14)21-18(16)20;4-2-1-3(5)6/h3-10,22H,1-2H3,(H2,20,21);4H,1-2H2,(H,5,6). The molecular weight excluding hydrogens is 363 g/mol. The number of hydrogen-bond donors (Lipinski definition) is 4. The van der Waals surface area contributed by atoms with Gasteiger partial charge in [-0.1, -0.05) is 26.0 Å². The lowest BCUT2D eigenvalue weighted by Crippen LogP contribution is -2.03. The number of pyridine rings is 1. The fraction of sp³-hybridized carbons (Fsp3) is 0.238. The van der Waals surface area contributed by atoms with E-state index in [9.17, 15) is 14.3 Å². The summed E-state index contributed by atoms with van der Waals surface area (Å²) in [6, 6.07) is 11.4. The van der Waals surface area contributed by atoms with Gasteiger partial charge in [0, 0.05) is 17.0 Å². The van der Waals surface area contributed by atoms with Crippen molar-refractivity contribution in [1.82, 2.24) is 4.98 Å². The molecule has 0 atom stereocenters. The lowest BCUT2D eigenvalue weighted by molar-refractivity contribution is -0.137. The van der Waals surface area contributed by atoms with Crippen LogP contribution in [0.3, 0.4) is 0 Å². The molecule has 0 radical (unpaired) electrons. The maximum Gasteiger partial charge on any atom is 0.305 e. The number of phenolic OH excluding ortho intramolecular Hbond substituents is 1.